The lowest BCUT2D eigenvalue weighted by Gasteiger charge is -2.33. The Balaban J connectivity index is 1.90. The lowest BCUT2D eigenvalue weighted by molar-refractivity contribution is 0.228. The van der Waals surface area contributed by atoms with Gasteiger partial charge in [0.1, 0.15) is 5.75 Å². The number of hydrogen-bond donors (Lipinski definition) is 1. The van der Waals surface area contributed by atoms with Gasteiger partial charge in [-0.3, -0.25) is 4.90 Å². The summed E-state index contributed by atoms with van der Waals surface area (Å²) in [6.45, 7) is 4.55. The van der Waals surface area contributed by atoms with E-state index in [9.17, 15) is 0 Å². The molecule has 17 heavy (non-hydrogen) atoms. The second-order valence-corrected chi connectivity index (χ2v) is 4.95. The minimum absolute atomic E-state index is 0.562. The van der Waals surface area contributed by atoms with Crippen LogP contribution in [0.1, 0.15) is 30.0 Å². The van der Waals surface area contributed by atoms with E-state index < -0.39 is 0 Å². The smallest absolute Gasteiger partial charge is 0.119 e. The van der Waals surface area contributed by atoms with Gasteiger partial charge in [0, 0.05) is 19.1 Å². The third kappa shape index (κ3) is 2.05. The number of fused-ring (bicyclic) bond motifs is 1. The van der Waals surface area contributed by atoms with E-state index in [2.05, 4.69) is 28.4 Å². The molecule has 0 unspecified atom stereocenters. The van der Waals surface area contributed by atoms with Gasteiger partial charge < -0.3 is 10.1 Å². The van der Waals surface area contributed by atoms with E-state index in [-0.39, 0.29) is 0 Å². The summed E-state index contributed by atoms with van der Waals surface area (Å²) >= 11 is 0. The maximum absolute atomic E-state index is 5.30. The highest BCUT2D eigenvalue weighted by Gasteiger charge is 2.27. The van der Waals surface area contributed by atoms with E-state index in [1.165, 1.54) is 37.1 Å². The van der Waals surface area contributed by atoms with Crippen LogP contribution in [0.25, 0.3) is 0 Å². The third-order valence-corrected chi connectivity index (χ3v) is 3.94. The molecule has 0 bridgehead atoms. The molecule has 92 valence electrons. The van der Waals surface area contributed by atoms with Crippen molar-refractivity contribution in [3.63, 3.8) is 0 Å². The van der Waals surface area contributed by atoms with Crippen molar-refractivity contribution in [3.8, 4) is 5.75 Å². The van der Waals surface area contributed by atoms with Gasteiger partial charge in [-0.1, -0.05) is 6.07 Å². The first-order chi connectivity index (χ1) is 8.38. The summed E-state index contributed by atoms with van der Waals surface area (Å²) in [5, 5.41) is 3.52. The van der Waals surface area contributed by atoms with Gasteiger partial charge in [-0.05, 0) is 49.2 Å². The number of methoxy groups -OCH3 is 1. The van der Waals surface area contributed by atoms with Crippen molar-refractivity contribution < 1.29 is 4.74 Å². The Hall–Kier alpha value is -1.06. The molecule has 1 aromatic rings. The lowest BCUT2D eigenvalue weighted by atomic mass is 9.95. The van der Waals surface area contributed by atoms with E-state index in [4.69, 9.17) is 4.74 Å². The predicted molar refractivity (Wildman–Crippen MR) is 68.2 cm³/mol. The highest BCUT2D eigenvalue weighted by atomic mass is 16.5. The van der Waals surface area contributed by atoms with Crippen LogP contribution in [0.3, 0.4) is 0 Å². The average Bonchev–Trinajstić information content (AvgIpc) is 2.91. The fourth-order valence-electron chi connectivity index (χ4n) is 3.02. The lowest BCUT2D eigenvalue weighted by Crippen LogP contribution is -2.38. The van der Waals surface area contributed by atoms with Gasteiger partial charge in [0.15, 0.2) is 0 Å². The Kier molecular flexibility index (Phi) is 3.04. The second kappa shape index (κ2) is 4.67. The Labute approximate surface area is 103 Å². The quantitative estimate of drug-likeness (QED) is 0.843. The van der Waals surface area contributed by atoms with E-state index >= 15 is 0 Å². The van der Waals surface area contributed by atoms with Gasteiger partial charge in [0.2, 0.25) is 0 Å². The molecular formula is C14H20N2O. The molecule has 3 rings (SSSR count). The van der Waals surface area contributed by atoms with E-state index in [0.717, 1.165) is 18.8 Å². The van der Waals surface area contributed by atoms with Crippen LogP contribution in [-0.2, 0) is 6.54 Å². The SMILES string of the molecule is COc1ccc2c(c1)CNC[C@@H]2N1CCCC1. The zero-order valence-electron chi connectivity index (χ0n) is 10.4. The first-order valence-corrected chi connectivity index (χ1v) is 6.50. The molecule has 3 heteroatoms. The van der Waals surface area contributed by atoms with Crippen LogP contribution >= 0.6 is 0 Å². The molecule has 1 atom stereocenters. The molecule has 1 aromatic carbocycles. The molecule has 0 spiro atoms. The predicted octanol–water partition coefficient (Wildman–Crippen LogP) is 1.94. The number of nitrogens with one attached hydrogen (secondary N) is 1. The maximum atomic E-state index is 5.30. The van der Waals surface area contributed by atoms with Gasteiger partial charge in [0.05, 0.1) is 7.11 Å². The van der Waals surface area contributed by atoms with E-state index in [1.54, 1.807) is 7.11 Å². The van der Waals surface area contributed by atoms with Crippen molar-refractivity contribution in [2.75, 3.05) is 26.7 Å². The molecule has 1 N–H and O–H groups in total. The minimum atomic E-state index is 0.562. The van der Waals surface area contributed by atoms with Crippen LogP contribution in [0.2, 0.25) is 0 Å². The number of hydrogen-bond acceptors (Lipinski definition) is 3. The van der Waals surface area contributed by atoms with Gasteiger partial charge in [0.25, 0.3) is 0 Å². The molecule has 0 amide bonds. The summed E-state index contributed by atoms with van der Waals surface area (Å²) in [6.07, 6.45) is 2.70. The molecule has 2 heterocycles. The number of nitrogens with zero attached hydrogens (tertiary/aromatic N) is 1. The molecule has 1 saturated heterocycles. The number of benzene rings is 1. The van der Waals surface area contributed by atoms with Crippen molar-refractivity contribution in [3.05, 3.63) is 29.3 Å². The van der Waals surface area contributed by atoms with E-state index in [0.29, 0.717) is 6.04 Å². The van der Waals surface area contributed by atoms with Crippen LogP contribution in [0.5, 0.6) is 5.75 Å². The highest BCUT2D eigenvalue weighted by molar-refractivity contribution is 5.39. The minimum Gasteiger partial charge on any atom is -0.497 e. The molecule has 0 radical (unpaired) electrons. The van der Waals surface area contributed by atoms with E-state index in [1.807, 2.05) is 0 Å². The van der Waals surface area contributed by atoms with Gasteiger partial charge in [-0.15, -0.1) is 0 Å². The first-order valence-electron chi connectivity index (χ1n) is 6.50. The molecule has 0 aliphatic carbocycles. The summed E-state index contributed by atoms with van der Waals surface area (Å²) < 4.78 is 5.30. The van der Waals surface area contributed by atoms with Gasteiger partial charge in [-0.2, -0.15) is 0 Å². The van der Waals surface area contributed by atoms with Crippen molar-refractivity contribution in [2.45, 2.75) is 25.4 Å². The third-order valence-electron chi connectivity index (χ3n) is 3.94. The highest BCUT2D eigenvalue weighted by Crippen LogP contribution is 2.31. The normalized spacial score (nSPS) is 24.6. The Morgan fingerprint density at radius 3 is 2.88 bits per heavy atom. The topological polar surface area (TPSA) is 24.5 Å². The van der Waals surface area contributed by atoms with Crippen LogP contribution in [0.15, 0.2) is 18.2 Å². The summed E-state index contributed by atoms with van der Waals surface area (Å²) in [4.78, 5) is 2.61. The fraction of sp³-hybridized carbons (Fsp3) is 0.571. The van der Waals surface area contributed by atoms with Crippen LogP contribution < -0.4 is 10.1 Å². The monoisotopic (exact) mass is 232 g/mol. The standard InChI is InChI=1S/C14H20N2O/c1-17-12-4-5-13-11(8-12)9-15-10-14(13)16-6-2-3-7-16/h4-5,8,14-15H,2-3,6-7,9-10H2,1H3/t14-/m0/s1. The summed E-state index contributed by atoms with van der Waals surface area (Å²) in [5.41, 5.74) is 2.89. The number of rotatable bonds is 2. The van der Waals surface area contributed by atoms with Crippen molar-refractivity contribution in [2.24, 2.45) is 0 Å². The molecular weight excluding hydrogens is 212 g/mol. The molecule has 2 aliphatic rings. The first kappa shape index (κ1) is 11.1. The van der Waals surface area contributed by atoms with Gasteiger partial charge in [-0.25, -0.2) is 0 Å². The largest absolute Gasteiger partial charge is 0.497 e. The zero-order chi connectivity index (χ0) is 11.7. The molecule has 1 fully saturated rings. The molecule has 0 saturated carbocycles. The molecule has 2 aliphatic heterocycles. The number of likely N-dealkylation sites (tertiary alicyclic amines) is 1. The van der Waals surface area contributed by atoms with Crippen molar-refractivity contribution in [1.29, 1.82) is 0 Å². The van der Waals surface area contributed by atoms with Crippen molar-refractivity contribution in [1.82, 2.24) is 10.2 Å². The maximum Gasteiger partial charge on any atom is 0.119 e. The Morgan fingerprint density at radius 2 is 2.12 bits per heavy atom. The summed E-state index contributed by atoms with van der Waals surface area (Å²) in [6, 6.07) is 7.07. The Bertz CT molecular complexity index is 399. The molecule has 3 nitrogen and oxygen atoms in total. The molecule has 0 aromatic heterocycles. The van der Waals surface area contributed by atoms with Crippen LogP contribution in [0, 0.1) is 0 Å². The zero-order valence-corrected chi connectivity index (χ0v) is 10.4. The van der Waals surface area contributed by atoms with Crippen LogP contribution in [-0.4, -0.2) is 31.6 Å². The van der Waals surface area contributed by atoms with Crippen molar-refractivity contribution >= 4 is 0 Å². The summed E-state index contributed by atoms with van der Waals surface area (Å²) in [7, 11) is 1.73. The number of ether oxygens (including phenoxy) is 1. The van der Waals surface area contributed by atoms with Gasteiger partial charge >= 0.3 is 0 Å². The Morgan fingerprint density at radius 1 is 1.29 bits per heavy atom. The second-order valence-electron chi connectivity index (χ2n) is 4.95. The fourth-order valence-corrected chi connectivity index (χ4v) is 3.02. The average molecular weight is 232 g/mol. The van der Waals surface area contributed by atoms with Crippen LogP contribution in [0.4, 0.5) is 0 Å². The summed E-state index contributed by atoms with van der Waals surface area (Å²) in [5.74, 6) is 0.965.